The van der Waals surface area contributed by atoms with Gasteiger partial charge in [-0.05, 0) is 37.6 Å². The molecule has 0 unspecified atom stereocenters. The molecule has 0 aliphatic rings. The molecule has 0 spiro atoms. The summed E-state index contributed by atoms with van der Waals surface area (Å²) in [5.41, 5.74) is 4.73. The van der Waals surface area contributed by atoms with E-state index in [1.54, 1.807) is 36.4 Å². The Hall–Kier alpha value is -2.59. The first-order chi connectivity index (χ1) is 11.5. The van der Waals surface area contributed by atoms with Crippen molar-refractivity contribution in [2.45, 2.75) is 18.7 Å². The zero-order valence-electron chi connectivity index (χ0n) is 13.7. The smallest absolute Gasteiger partial charge is 0.261 e. The highest BCUT2D eigenvalue weighted by molar-refractivity contribution is 7.92. The van der Waals surface area contributed by atoms with Crippen LogP contribution in [0.3, 0.4) is 0 Å². The fraction of sp³-hybridized carbons (Fsp3) is 0.100. The summed E-state index contributed by atoms with van der Waals surface area (Å²) < 4.78 is 27.9. The van der Waals surface area contributed by atoms with E-state index in [4.69, 9.17) is 0 Å². The first kappa shape index (κ1) is 16.3. The van der Waals surface area contributed by atoms with Crippen molar-refractivity contribution in [3.05, 3.63) is 83.9 Å². The lowest BCUT2D eigenvalue weighted by atomic mass is 9.99. The Morgan fingerprint density at radius 2 is 1.33 bits per heavy atom. The van der Waals surface area contributed by atoms with Crippen LogP contribution in [0.2, 0.25) is 0 Å². The third-order valence-corrected chi connectivity index (χ3v) is 5.14. The molecule has 0 amide bonds. The summed E-state index contributed by atoms with van der Waals surface area (Å²) in [5.74, 6) is 0. The second-order valence-electron chi connectivity index (χ2n) is 5.84. The predicted octanol–water partition coefficient (Wildman–Crippen LogP) is 4.77. The predicted molar refractivity (Wildman–Crippen MR) is 98.6 cm³/mol. The molecular formula is C20H19NO2S. The van der Waals surface area contributed by atoms with Crippen molar-refractivity contribution in [2.75, 3.05) is 4.72 Å². The number of benzene rings is 3. The van der Waals surface area contributed by atoms with Crippen LogP contribution in [-0.2, 0) is 10.0 Å². The maximum absolute atomic E-state index is 12.6. The average molecular weight is 337 g/mol. The molecule has 0 aliphatic heterocycles. The van der Waals surface area contributed by atoms with Crippen molar-refractivity contribution in [3.63, 3.8) is 0 Å². The largest absolute Gasteiger partial charge is 0.279 e. The van der Waals surface area contributed by atoms with Gasteiger partial charge in [0.15, 0.2) is 0 Å². The maximum atomic E-state index is 12.6. The Morgan fingerprint density at radius 3 is 2.00 bits per heavy atom. The molecule has 0 aliphatic carbocycles. The fourth-order valence-electron chi connectivity index (χ4n) is 2.76. The van der Waals surface area contributed by atoms with Crippen LogP contribution >= 0.6 is 0 Å². The van der Waals surface area contributed by atoms with Gasteiger partial charge in [-0.3, -0.25) is 4.72 Å². The Kier molecular flexibility index (Phi) is 4.40. The number of nitrogens with one attached hydrogen (secondary N) is 1. The molecule has 0 saturated carbocycles. The van der Waals surface area contributed by atoms with E-state index in [1.165, 1.54) is 0 Å². The van der Waals surface area contributed by atoms with Crippen LogP contribution in [0.5, 0.6) is 0 Å². The highest BCUT2D eigenvalue weighted by Crippen LogP contribution is 2.30. The Bertz CT molecular complexity index is 944. The van der Waals surface area contributed by atoms with E-state index in [0.29, 0.717) is 5.69 Å². The Morgan fingerprint density at radius 1 is 0.750 bits per heavy atom. The Labute approximate surface area is 143 Å². The summed E-state index contributed by atoms with van der Waals surface area (Å²) >= 11 is 0. The van der Waals surface area contributed by atoms with Gasteiger partial charge in [0.1, 0.15) is 0 Å². The van der Waals surface area contributed by atoms with Crippen LogP contribution in [0.25, 0.3) is 11.1 Å². The number of rotatable bonds is 4. The third kappa shape index (κ3) is 3.49. The van der Waals surface area contributed by atoms with E-state index >= 15 is 0 Å². The molecule has 1 N–H and O–H groups in total. The van der Waals surface area contributed by atoms with Gasteiger partial charge < -0.3 is 0 Å². The first-order valence-corrected chi connectivity index (χ1v) is 9.19. The summed E-state index contributed by atoms with van der Waals surface area (Å²) in [6, 6.07) is 22.1. The van der Waals surface area contributed by atoms with Gasteiger partial charge in [0.25, 0.3) is 10.0 Å². The number of para-hydroxylation sites is 1. The second-order valence-corrected chi connectivity index (χ2v) is 7.52. The van der Waals surface area contributed by atoms with Gasteiger partial charge in [-0.15, -0.1) is 0 Å². The van der Waals surface area contributed by atoms with E-state index in [9.17, 15) is 8.42 Å². The minimum atomic E-state index is -3.61. The van der Waals surface area contributed by atoms with Crippen LogP contribution in [0.1, 0.15) is 11.1 Å². The molecule has 3 rings (SSSR count). The molecule has 122 valence electrons. The van der Waals surface area contributed by atoms with Crippen LogP contribution in [0.15, 0.2) is 77.7 Å². The lowest BCUT2D eigenvalue weighted by Gasteiger charge is -2.14. The molecule has 0 bridgehead atoms. The maximum Gasteiger partial charge on any atom is 0.261 e. The van der Waals surface area contributed by atoms with Gasteiger partial charge in [0.2, 0.25) is 0 Å². The number of anilines is 1. The molecule has 24 heavy (non-hydrogen) atoms. The number of aryl methyl sites for hydroxylation is 2. The number of hydrogen-bond donors (Lipinski definition) is 1. The van der Waals surface area contributed by atoms with Gasteiger partial charge in [-0.1, -0.05) is 65.7 Å². The highest BCUT2D eigenvalue weighted by Gasteiger charge is 2.16. The lowest BCUT2D eigenvalue weighted by Crippen LogP contribution is -2.13. The molecular weight excluding hydrogens is 318 g/mol. The monoisotopic (exact) mass is 337 g/mol. The second kappa shape index (κ2) is 6.49. The summed E-state index contributed by atoms with van der Waals surface area (Å²) in [4.78, 5) is 0.250. The molecule has 0 heterocycles. The van der Waals surface area contributed by atoms with Crippen molar-refractivity contribution >= 4 is 15.7 Å². The van der Waals surface area contributed by atoms with Gasteiger partial charge in [0, 0.05) is 5.56 Å². The molecule has 3 nitrogen and oxygen atoms in total. The summed E-state index contributed by atoms with van der Waals surface area (Å²) in [6.07, 6.45) is 0. The molecule has 0 radical (unpaired) electrons. The molecule has 3 aromatic rings. The van der Waals surface area contributed by atoms with Gasteiger partial charge in [-0.25, -0.2) is 8.42 Å². The molecule has 0 saturated heterocycles. The topological polar surface area (TPSA) is 46.2 Å². The highest BCUT2D eigenvalue weighted by atomic mass is 32.2. The Balaban J connectivity index is 2.04. The van der Waals surface area contributed by atoms with Crippen molar-refractivity contribution in [2.24, 2.45) is 0 Å². The van der Waals surface area contributed by atoms with Crippen molar-refractivity contribution in [1.82, 2.24) is 0 Å². The van der Waals surface area contributed by atoms with Crippen LogP contribution in [0, 0.1) is 13.8 Å². The van der Waals surface area contributed by atoms with Crippen molar-refractivity contribution in [3.8, 4) is 11.1 Å². The van der Waals surface area contributed by atoms with E-state index < -0.39 is 10.0 Å². The zero-order valence-corrected chi connectivity index (χ0v) is 14.5. The quantitative estimate of drug-likeness (QED) is 0.745. The van der Waals surface area contributed by atoms with Gasteiger partial charge in [-0.2, -0.15) is 0 Å². The fourth-order valence-corrected chi connectivity index (χ4v) is 3.86. The van der Waals surface area contributed by atoms with E-state index in [1.807, 2.05) is 32.0 Å². The summed E-state index contributed by atoms with van der Waals surface area (Å²) in [6.45, 7) is 4.07. The molecule has 3 aromatic carbocycles. The van der Waals surface area contributed by atoms with E-state index in [0.717, 1.165) is 22.3 Å². The SMILES string of the molecule is Cc1cc(C)cc(-c2ccccc2NS(=O)(=O)c2ccccc2)c1. The van der Waals surface area contributed by atoms with Gasteiger partial charge in [0.05, 0.1) is 10.6 Å². The van der Waals surface area contributed by atoms with Crippen molar-refractivity contribution < 1.29 is 8.42 Å². The van der Waals surface area contributed by atoms with E-state index in [2.05, 4.69) is 22.9 Å². The van der Waals surface area contributed by atoms with Crippen LogP contribution < -0.4 is 4.72 Å². The van der Waals surface area contributed by atoms with Crippen LogP contribution in [0.4, 0.5) is 5.69 Å². The molecule has 4 heteroatoms. The normalized spacial score (nSPS) is 11.2. The lowest BCUT2D eigenvalue weighted by molar-refractivity contribution is 0.601. The molecule has 0 atom stereocenters. The summed E-state index contributed by atoms with van der Waals surface area (Å²) in [7, 11) is -3.61. The van der Waals surface area contributed by atoms with Gasteiger partial charge >= 0.3 is 0 Å². The number of sulfonamides is 1. The minimum Gasteiger partial charge on any atom is -0.279 e. The minimum absolute atomic E-state index is 0.250. The van der Waals surface area contributed by atoms with Crippen LogP contribution in [-0.4, -0.2) is 8.42 Å². The summed E-state index contributed by atoms with van der Waals surface area (Å²) in [5, 5.41) is 0. The third-order valence-electron chi connectivity index (χ3n) is 3.76. The first-order valence-electron chi connectivity index (χ1n) is 7.71. The zero-order chi connectivity index (χ0) is 17.2. The molecule has 0 fully saturated rings. The van der Waals surface area contributed by atoms with Crippen molar-refractivity contribution in [1.29, 1.82) is 0 Å². The standard InChI is InChI=1S/C20H19NO2S/c1-15-12-16(2)14-17(13-15)19-10-6-7-11-20(19)21-24(22,23)18-8-4-3-5-9-18/h3-14,21H,1-2H3. The van der Waals surface area contributed by atoms with E-state index in [-0.39, 0.29) is 4.90 Å². The average Bonchev–Trinajstić information content (AvgIpc) is 2.55. The number of hydrogen-bond acceptors (Lipinski definition) is 2. The molecule has 0 aromatic heterocycles.